The number of aromatic nitrogens is 2. The SMILES string of the molecule is COc1cc(OC)nc(NCCOC(C)C)n1. The van der Waals surface area contributed by atoms with E-state index in [4.69, 9.17) is 14.2 Å². The molecule has 6 heteroatoms. The lowest BCUT2D eigenvalue weighted by atomic mass is 10.5. The van der Waals surface area contributed by atoms with Crippen LogP contribution in [0, 0.1) is 0 Å². The monoisotopic (exact) mass is 241 g/mol. The topological polar surface area (TPSA) is 65.5 Å². The van der Waals surface area contributed by atoms with Crippen LogP contribution in [-0.2, 0) is 4.74 Å². The molecule has 0 saturated carbocycles. The summed E-state index contributed by atoms with van der Waals surface area (Å²) in [5.41, 5.74) is 0. The lowest BCUT2D eigenvalue weighted by molar-refractivity contribution is 0.0869. The lowest BCUT2D eigenvalue weighted by Crippen LogP contribution is -2.14. The molecule has 0 atom stereocenters. The largest absolute Gasteiger partial charge is 0.481 e. The average Bonchev–Trinajstić information content (AvgIpc) is 2.34. The number of rotatable bonds is 7. The third-order valence-electron chi connectivity index (χ3n) is 1.93. The molecule has 6 nitrogen and oxygen atoms in total. The van der Waals surface area contributed by atoms with Crippen LogP contribution in [0.5, 0.6) is 11.8 Å². The molecule has 0 saturated heterocycles. The molecule has 1 N–H and O–H groups in total. The molecule has 0 aliphatic heterocycles. The fourth-order valence-corrected chi connectivity index (χ4v) is 1.15. The predicted molar refractivity (Wildman–Crippen MR) is 64.7 cm³/mol. The van der Waals surface area contributed by atoms with Crippen LogP contribution >= 0.6 is 0 Å². The van der Waals surface area contributed by atoms with Crippen molar-refractivity contribution in [1.29, 1.82) is 0 Å². The number of nitrogens with zero attached hydrogens (tertiary/aromatic N) is 2. The van der Waals surface area contributed by atoms with Crippen LogP contribution in [0.3, 0.4) is 0 Å². The number of ether oxygens (including phenoxy) is 3. The van der Waals surface area contributed by atoms with E-state index in [0.717, 1.165) is 0 Å². The molecular weight excluding hydrogens is 222 g/mol. The summed E-state index contributed by atoms with van der Waals surface area (Å²) >= 11 is 0. The minimum atomic E-state index is 0.220. The van der Waals surface area contributed by atoms with Gasteiger partial charge in [0.1, 0.15) is 0 Å². The molecule has 0 aliphatic rings. The van der Waals surface area contributed by atoms with Gasteiger partial charge >= 0.3 is 0 Å². The van der Waals surface area contributed by atoms with Crippen molar-refractivity contribution in [3.63, 3.8) is 0 Å². The molecule has 1 aromatic heterocycles. The van der Waals surface area contributed by atoms with Crippen molar-refractivity contribution in [2.75, 3.05) is 32.7 Å². The van der Waals surface area contributed by atoms with Crippen LogP contribution < -0.4 is 14.8 Å². The van der Waals surface area contributed by atoms with Gasteiger partial charge in [0.15, 0.2) is 0 Å². The summed E-state index contributed by atoms with van der Waals surface area (Å²) in [6.07, 6.45) is 0.220. The summed E-state index contributed by atoms with van der Waals surface area (Å²) in [5, 5.41) is 3.04. The predicted octanol–water partition coefficient (Wildman–Crippen LogP) is 1.33. The first-order valence-electron chi connectivity index (χ1n) is 5.48. The molecule has 0 aromatic carbocycles. The molecule has 17 heavy (non-hydrogen) atoms. The standard InChI is InChI=1S/C11H19N3O3/c1-8(2)17-6-5-12-11-13-9(15-3)7-10(14-11)16-4/h7-8H,5-6H2,1-4H3,(H,12,13,14). The third-order valence-corrected chi connectivity index (χ3v) is 1.93. The molecule has 0 fully saturated rings. The molecule has 0 aliphatic carbocycles. The van der Waals surface area contributed by atoms with Crippen LogP contribution in [0.15, 0.2) is 6.07 Å². The van der Waals surface area contributed by atoms with Gasteiger partial charge < -0.3 is 19.5 Å². The summed E-state index contributed by atoms with van der Waals surface area (Å²) in [6, 6.07) is 1.62. The average molecular weight is 241 g/mol. The maximum Gasteiger partial charge on any atom is 0.229 e. The van der Waals surface area contributed by atoms with Crippen molar-refractivity contribution in [2.24, 2.45) is 0 Å². The van der Waals surface area contributed by atoms with Gasteiger partial charge in [0.2, 0.25) is 17.7 Å². The fraction of sp³-hybridized carbons (Fsp3) is 0.636. The second-order valence-corrected chi connectivity index (χ2v) is 3.62. The highest BCUT2D eigenvalue weighted by molar-refractivity contribution is 5.33. The second-order valence-electron chi connectivity index (χ2n) is 3.62. The fourth-order valence-electron chi connectivity index (χ4n) is 1.15. The van der Waals surface area contributed by atoms with Gasteiger partial charge in [0, 0.05) is 6.54 Å². The number of nitrogens with one attached hydrogen (secondary N) is 1. The first-order chi connectivity index (χ1) is 8.15. The molecule has 0 amide bonds. The van der Waals surface area contributed by atoms with Gasteiger partial charge in [0.05, 0.1) is 33.0 Å². The Morgan fingerprint density at radius 1 is 1.18 bits per heavy atom. The number of hydrogen-bond donors (Lipinski definition) is 1. The second kappa shape index (κ2) is 6.90. The summed E-state index contributed by atoms with van der Waals surface area (Å²) in [7, 11) is 3.10. The van der Waals surface area contributed by atoms with Crippen LogP contribution in [0.25, 0.3) is 0 Å². The maximum atomic E-state index is 5.40. The Morgan fingerprint density at radius 2 is 1.76 bits per heavy atom. The number of methoxy groups -OCH3 is 2. The van der Waals surface area contributed by atoms with E-state index in [0.29, 0.717) is 30.9 Å². The molecule has 1 aromatic rings. The minimum Gasteiger partial charge on any atom is -0.481 e. The third kappa shape index (κ3) is 4.86. The molecule has 0 bridgehead atoms. The van der Waals surface area contributed by atoms with E-state index in [-0.39, 0.29) is 6.10 Å². The summed E-state index contributed by atoms with van der Waals surface area (Å²) < 4.78 is 15.5. The first kappa shape index (κ1) is 13.5. The van der Waals surface area contributed by atoms with E-state index in [2.05, 4.69) is 15.3 Å². The molecule has 96 valence electrons. The normalized spacial score (nSPS) is 10.4. The highest BCUT2D eigenvalue weighted by Crippen LogP contribution is 2.16. The molecule has 1 rings (SSSR count). The molecule has 0 unspecified atom stereocenters. The molecule has 1 heterocycles. The minimum absolute atomic E-state index is 0.220. The Hall–Kier alpha value is -1.56. The Balaban J connectivity index is 2.51. The van der Waals surface area contributed by atoms with E-state index in [1.54, 1.807) is 20.3 Å². The van der Waals surface area contributed by atoms with E-state index in [1.807, 2.05) is 13.8 Å². The van der Waals surface area contributed by atoms with Crippen LogP contribution in [-0.4, -0.2) is 43.4 Å². The highest BCUT2D eigenvalue weighted by atomic mass is 16.5. The van der Waals surface area contributed by atoms with Crippen LogP contribution in [0.1, 0.15) is 13.8 Å². The van der Waals surface area contributed by atoms with E-state index < -0.39 is 0 Å². The van der Waals surface area contributed by atoms with E-state index >= 15 is 0 Å². The quantitative estimate of drug-likeness (QED) is 0.726. The van der Waals surface area contributed by atoms with Gasteiger partial charge in [-0.25, -0.2) is 0 Å². The van der Waals surface area contributed by atoms with E-state index in [1.165, 1.54) is 0 Å². The summed E-state index contributed by atoms with van der Waals surface area (Å²) in [6.45, 7) is 5.21. The Morgan fingerprint density at radius 3 is 2.24 bits per heavy atom. The first-order valence-corrected chi connectivity index (χ1v) is 5.48. The Labute approximate surface area is 101 Å². The zero-order chi connectivity index (χ0) is 12.7. The van der Waals surface area contributed by atoms with Crippen LogP contribution in [0.4, 0.5) is 5.95 Å². The molecule has 0 spiro atoms. The van der Waals surface area contributed by atoms with Crippen molar-refractivity contribution in [2.45, 2.75) is 20.0 Å². The van der Waals surface area contributed by atoms with Gasteiger partial charge in [-0.3, -0.25) is 0 Å². The smallest absolute Gasteiger partial charge is 0.229 e. The van der Waals surface area contributed by atoms with Gasteiger partial charge in [-0.15, -0.1) is 0 Å². The Bertz CT molecular complexity index is 322. The van der Waals surface area contributed by atoms with Gasteiger partial charge in [0.25, 0.3) is 0 Å². The number of anilines is 1. The van der Waals surface area contributed by atoms with Gasteiger partial charge in [-0.1, -0.05) is 0 Å². The zero-order valence-electron chi connectivity index (χ0n) is 10.7. The van der Waals surface area contributed by atoms with Gasteiger partial charge in [-0.05, 0) is 13.8 Å². The molecule has 0 radical (unpaired) electrons. The van der Waals surface area contributed by atoms with Crippen molar-refractivity contribution >= 4 is 5.95 Å². The van der Waals surface area contributed by atoms with Crippen molar-refractivity contribution in [3.05, 3.63) is 6.07 Å². The number of hydrogen-bond acceptors (Lipinski definition) is 6. The van der Waals surface area contributed by atoms with Crippen molar-refractivity contribution in [3.8, 4) is 11.8 Å². The molecular formula is C11H19N3O3. The Kier molecular flexibility index (Phi) is 5.48. The maximum absolute atomic E-state index is 5.40. The van der Waals surface area contributed by atoms with Crippen molar-refractivity contribution < 1.29 is 14.2 Å². The van der Waals surface area contributed by atoms with Crippen molar-refractivity contribution in [1.82, 2.24) is 9.97 Å². The highest BCUT2D eigenvalue weighted by Gasteiger charge is 2.04. The van der Waals surface area contributed by atoms with Crippen LogP contribution in [0.2, 0.25) is 0 Å². The van der Waals surface area contributed by atoms with Gasteiger partial charge in [-0.2, -0.15) is 9.97 Å². The summed E-state index contributed by atoms with van der Waals surface area (Å²) in [5.74, 6) is 1.39. The lowest BCUT2D eigenvalue weighted by Gasteiger charge is -2.10. The summed E-state index contributed by atoms with van der Waals surface area (Å²) in [4.78, 5) is 8.27. The zero-order valence-corrected chi connectivity index (χ0v) is 10.7. The van der Waals surface area contributed by atoms with E-state index in [9.17, 15) is 0 Å².